The second-order valence-corrected chi connectivity index (χ2v) is 5.88. The summed E-state index contributed by atoms with van der Waals surface area (Å²) in [4.78, 5) is 2.47. The minimum Gasteiger partial charge on any atom is -0.358 e. The van der Waals surface area contributed by atoms with Crippen LogP contribution in [0.2, 0.25) is 0 Å². The monoisotopic (exact) mass is 294 g/mol. The number of hydrogen-bond donors (Lipinski definition) is 2. The largest absolute Gasteiger partial charge is 0.358 e. The van der Waals surface area contributed by atoms with Gasteiger partial charge in [-0.15, -0.1) is 23.1 Å². The third kappa shape index (κ3) is 3.73. The van der Waals surface area contributed by atoms with Gasteiger partial charge in [-0.05, 0) is 42.1 Å². The first-order valence-electron chi connectivity index (χ1n) is 5.50. The van der Waals surface area contributed by atoms with Gasteiger partial charge in [0.2, 0.25) is 0 Å². The number of hydrogen-bond acceptors (Lipinski definition) is 3. The lowest BCUT2D eigenvalue weighted by Gasteiger charge is -2.12. The highest BCUT2D eigenvalue weighted by molar-refractivity contribution is 7.98. The number of thiocarbonyl (C=S) groups is 1. The molecule has 94 valence electrons. The summed E-state index contributed by atoms with van der Waals surface area (Å²) >= 11 is 8.72. The zero-order valence-electron chi connectivity index (χ0n) is 9.97. The minimum absolute atomic E-state index is 0.657. The van der Waals surface area contributed by atoms with Crippen molar-refractivity contribution in [2.45, 2.75) is 11.4 Å². The van der Waals surface area contributed by atoms with E-state index in [9.17, 15) is 0 Å². The Morgan fingerprint density at radius 1 is 1.28 bits per heavy atom. The Labute approximate surface area is 121 Å². The van der Waals surface area contributed by atoms with E-state index in [0.29, 0.717) is 5.11 Å². The number of benzene rings is 1. The highest BCUT2D eigenvalue weighted by Crippen LogP contribution is 2.24. The Bertz CT molecular complexity index is 509. The molecule has 0 saturated heterocycles. The molecule has 2 nitrogen and oxygen atoms in total. The van der Waals surface area contributed by atoms with Crippen LogP contribution in [0.15, 0.2) is 46.7 Å². The van der Waals surface area contributed by atoms with Crippen molar-refractivity contribution in [2.75, 3.05) is 11.6 Å². The van der Waals surface area contributed by atoms with Crippen molar-refractivity contribution in [2.24, 2.45) is 0 Å². The number of anilines is 1. The zero-order chi connectivity index (χ0) is 12.8. The van der Waals surface area contributed by atoms with Gasteiger partial charge in [-0.3, -0.25) is 0 Å². The van der Waals surface area contributed by atoms with E-state index in [1.54, 1.807) is 23.1 Å². The van der Waals surface area contributed by atoms with E-state index in [-0.39, 0.29) is 0 Å². The lowest BCUT2D eigenvalue weighted by molar-refractivity contribution is 0.946. The second kappa shape index (κ2) is 6.78. The maximum absolute atomic E-state index is 5.29. The Balaban J connectivity index is 1.90. The van der Waals surface area contributed by atoms with Gasteiger partial charge in [0.15, 0.2) is 5.11 Å². The molecular formula is C13H14N2S3. The Morgan fingerprint density at radius 2 is 2.11 bits per heavy atom. The van der Waals surface area contributed by atoms with E-state index in [1.165, 1.54) is 9.77 Å². The minimum atomic E-state index is 0.657. The Hall–Kier alpha value is -1.04. The Morgan fingerprint density at radius 3 is 2.83 bits per heavy atom. The molecule has 0 aliphatic heterocycles. The number of para-hydroxylation sites is 1. The molecule has 2 N–H and O–H groups in total. The summed E-state index contributed by atoms with van der Waals surface area (Å²) in [7, 11) is 0. The quantitative estimate of drug-likeness (QED) is 0.658. The lowest BCUT2D eigenvalue weighted by Crippen LogP contribution is -2.27. The van der Waals surface area contributed by atoms with Gasteiger partial charge in [0.25, 0.3) is 0 Å². The standard InChI is InChI=1S/C13H14N2S3/c1-17-12-7-3-2-6-11(12)15-13(16)14-9-10-5-4-8-18-10/h2-8H,9H2,1H3,(H2,14,15,16). The van der Waals surface area contributed by atoms with Crippen LogP contribution >= 0.6 is 35.3 Å². The maximum atomic E-state index is 5.29. The molecule has 0 amide bonds. The maximum Gasteiger partial charge on any atom is 0.171 e. The van der Waals surface area contributed by atoms with E-state index in [4.69, 9.17) is 12.2 Å². The van der Waals surface area contributed by atoms with Gasteiger partial charge in [-0.1, -0.05) is 18.2 Å². The number of nitrogens with one attached hydrogen (secondary N) is 2. The molecule has 1 aromatic carbocycles. The molecule has 0 saturated carbocycles. The van der Waals surface area contributed by atoms with Crippen LogP contribution in [-0.4, -0.2) is 11.4 Å². The SMILES string of the molecule is CSc1ccccc1NC(=S)NCc1cccs1. The van der Waals surface area contributed by atoms with Crippen LogP contribution in [0.25, 0.3) is 0 Å². The van der Waals surface area contributed by atoms with Crippen molar-refractivity contribution in [3.8, 4) is 0 Å². The first kappa shape index (κ1) is 13.4. The van der Waals surface area contributed by atoms with Gasteiger partial charge in [0.1, 0.15) is 0 Å². The highest BCUT2D eigenvalue weighted by Gasteiger charge is 2.02. The highest BCUT2D eigenvalue weighted by atomic mass is 32.2. The fourth-order valence-electron chi connectivity index (χ4n) is 1.49. The van der Waals surface area contributed by atoms with Crippen molar-refractivity contribution in [1.82, 2.24) is 5.32 Å². The summed E-state index contributed by atoms with van der Waals surface area (Å²) in [5, 5.41) is 9.16. The van der Waals surface area contributed by atoms with E-state index in [1.807, 2.05) is 24.3 Å². The van der Waals surface area contributed by atoms with Gasteiger partial charge in [-0.25, -0.2) is 0 Å². The normalized spacial score (nSPS) is 10.1. The van der Waals surface area contributed by atoms with E-state index >= 15 is 0 Å². The summed E-state index contributed by atoms with van der Waals surface area (Å²) in [6.07, 6.45) is 2.06. The summed E-state index contributed by atoms with van der Waals surface area (Å²) < 4.78 is 0. The number of thiophene rings is 1. The van der Waals surface area contributed by atoms with E-state index in [2.05, 4.69) is 34.4 Å². The summed E-state index contributed by atoms with van der Waals surface area (Å²) in [5.74, 6) is 0. The fourth-order valence-corrected chi connectivity index (χ4v) is 2.88. The molecule has 0 aliphatic carbocycles. The first-order chi connectivity index (χ1) is 8.79. The third-order valence-electron chi connectivity index (χ3n) is 2.36. The summed E-state index contributed by atoms with van der Waals surface area (Å²) in [6.45, 7) is 0.769. The Kier molecular flexibility index (Phi) is 5.04. The molecule has 0 fully saturated rings. The smallest absolute Gasteiger partial charge is 0.171 e. The fraction of sp³-hybridized carbons (Fsp3) is 0.154. The van der Waals surface area contributed by atoms with E-state index in [0.717, 1.165) is 12.2 Å². The molecule has 0 aliphatic rings. The van der Waals surface area contributed by atoms with Crippen LogP contribution in [0, 0.1) is 0 Å². The molecule has 0 radical (unpaired) electrons. The predicted molar refractivity (Wildman–Crippen MR) is 85.6 cm³/mol. The van der Waals surface area contributed by atoms with E-state index < -0.39 is 0 Å². The lowest BCUT2D eigenvalue weighted by atomic mass is 10.3. The van der Waals surface area contributed by atoms with Crippen LogP contribution in [0.1, 0.15) is 4.88 Å². The predicted octanol–water partition coefficient (Wildman–Crippen LogP) is 3.96. The van der Waals surface area contributed by atoms with Gasteiger partial charge >= 0.3 is 0 Å². The van der Waals surface area contributed by atoms with Crippen molar-refractivity contribution in [1.29, 1.82) is 0 Å². The molecule has 1 aromatic heterocycles. The molecule has 2 rings (SSSR count). The summed E-state index contributed by atoms with van der Waals surface area (Å²) in [5.41, 5.74) is 1.05. The van der Waals surface area contributed by atoms with Crippen LogP contribution in [0.4, 0.5) is 5.69 Å². The average Bonchev–Trinajstić information content (AvgIpc) is 2.90. The molecule has 5 heteroatoms. The molecule has 1 heterocycles. The van der Waals surface area contributed by atoms with Crippen molar-refractivity contribution >= 4 is 46.1 Å². The van der Waals surface area contributed by atoms with Crippen molar-refractivity contribution in [3.63, 3.8) is 0 Å². The molecule has 2 aromatic rings. The number of rotatable bonds is 4. The molecular weight excluding hydrogens is 280 g/mol. The van der Waals surface area contributed by atoms with Crippen molar-refractivity contribution < 1.29 is 0 Å². The average molecular weight is 294 g/mol. The van der Waals surface area contributed by atoms with Crippen LogP contribution in [0.5, 0.6) is 0 Å². The summed E-state index contributed by atoms with van der Waals surface area (Å²) in [6, 6.07) is 12.3. The second-order valence-electron chi connectivity index (χ2n) is 3.59. The molecule has 0 atom stereocenters. The van der Waals surface area contributed by atoms with Gasteiger partial charge in [0.05, 0.1) is 12.2 Å². The van der Waals surface area contributed by atoms with Crippen LogP contribution in [0.3, 0.4) is 0 Å². The molecule has 0 spiro atoms. The van der Waals surface area contributed by atoms with Gasteiger partial charge in [-0.2, -0.15) is 0 Å². The first-order valence-corrected chi connectivity index (χ1v) is 8.01. The van der Waals surface area contributed by atoms with Gasteiger partial charge in [0, 0.05) is 9.77 Å². The molecule has 18 heavy (non-hydrogen) atoms. The van der Waals surface area contributed by atoms with Gasteiger partial charge < -0.3 is 10.6 Å². The molecule has 0 unspecified atom stereocenters. The number of thioether (sulfide) groups is 1. The molecule has 0 bridgehead atoms. The van der Waals surface area contributed by atoms with Crippen molar-refractivity contribution in [3.05, 3.63) is 46.7 Å². The third-order valence-corrected chi connectivity index (χ3v) is 4.28. The van der Waals surface area contributed by atoms with Crippen LogP contribution in [-0.2, 0) is 6.54 Å². The zero-order valence-corrected chi connectivity index (χ0v) is 12.4. The van der Waals surface area contributed by atoms with Crippen LogP contribution < -0.4 is 10.6 Å². The topological polar surface area (TPSA) is 24.1 Å².